The molecule has 1 aliphatic carbocycles. The van der Waals surface area contributed by atoms with Crippen molar-refractivity contribution in [2.24, 2.45) is 0 Å². The third-order valence-electron chi connectivity index (χ3n) is 8.26. The summed E-state index contributed by atoms with van der Waals surface area (Å²) in [5.41, 5.74) is 1.16. The van der Waals surface area contributed by atoms with Gasteiger partial charge in [0.05, 0.1) is 20.5 Å². The maximum atomic E-state index is 13.3. The largest absolute Gasteiger partial charge is 0.465 e. The van der Waals surface area contributed by atoms with E-state index in [0.717, 1.165) is 41.8 Å². The van der Waals surface area contributed by atoms with E-state index in [0.29, 0.717) is 58.8 Å². The number of aromatic nitrogens is 2. The normalized spacial score (nSPS) is 18.9. The molecule has 2 saturated heterocycles. The van der Waals surface area contributed by atoms with E-state index in [2.05, 4.69) is 20.1 Å². The van der Waals surface area contributed by atoms with Crippen molar-refractivity contribution in [3.05, 3.63) is 39.3 Å². The highest BCUT2D eigenvalue weighted by Gasteiger charge is 2.29. The molecule has 3 aromatic heterocycles. The fourth-order valence-electron chi connectivity index (χ4n) is 5.98. The van der Waals surface area contributed by atoms with E-state index in [9.17, 15) is 14.7 Å². The number of nitrogens with zero attached hydrogens (tertiary/aromatic N) is 6. The lowest BCUT2D eigenvalue weighted by atomic mass is 9.94. The lowest BCUT2D eigenvalue weighted by molar-refractivity contribution is 0.102. The maximum Gasteiger partial charge on any atom is 0.407 e. The van der Waals surface area contributed by atoms with E-state index in [4.69, 9.17) is 28.2 Å². The Morgan fingerprint density at radius 3 is 2.31 bits per heavy atom. The minimum Gasteiger partial charge on any atom is -0.465 e. The first-order valence-electron chi connectivity index (χ1n) is 14.3. The van der Waals surface area contributed by atoms with Gasteiger partial charge in [0.1, 0.15) is 16.5 Å². The number of nitrogens with one attached hydrogen (secondary N) is 1. The second-order valence-electron chi connectivity index (χ2n) is 10.9. The fraction of sp³-hybridized carbons (Fsp3) is 0.500. The Kier molecular flexibility index (Phi) is 9.06. The van der Waals surface area contributed by atoms with Crippen LogP contribution in [0.2, 0.25) is 10.0 Å². The van der Waals surface area contributed by atoms with Gasteiger partial charge in [0, 0.05) is 70.0 Å². The molecule has 2 aliphatic heterocycles. The number of anilines is 3. The number of hydrogen-bond donors (Lipinski definition) is 2. The molecule has 42 heavy (non-hydrogen) atoms. The number of carbonyl (C=O) groups excluding carboxylic acids is 1. The predicted molar refractivity (Wildman–Crippen MR) is 170 cm³/mol. The number of piperazine rings is 2. The Morgan fingerprint density at radius 2 is 1.67 bits per heavy atom. The van der Waals surface area contributed by atoms with Crippen molar-refractivity contribution in [2.45, 2.75) is 38.1 Å². The highest BCUT2D eigenvalue weighted by molar-refractivity contribution is 7.21. The zero-order chi connectivity index (χ0) is 29.2. The third-order valence-corrected chi connectivity index (χ3v) is 10.9. The molecular formula is C28H33Cl2N7O3S2. The molecule has 1 saturated carbocycles. The molecule has 0 unspecified atom stereocenters. The number of pyridine rings is 1. The number of halogens is 2. The van der Waals surface area contributed by atoms with Crippen molar-refractivity contribution in [2.75, 3.05) is 67.5 Å². The molecular weight excluding hydrogens is 617 g/mol. The van der Waals surface area contributed by atoms with Crippen molar-refractivity contribution in [3.8, 4) is 10.6 Å². The molecule has 3 aliphatic rings. The van der Waals surface area contributed by atoms with Crippen LogP contribution in [0.3, 0.4) is 0 Å². The van der Waals surface area contributed by atoms with Gasteiger partial charge in [-0.15, -0.1) is 11.3 Å². The summed E-state index contributed by atoms with van der Waals surface area (Å²) >= 11 is 15.8. The van der Waals surface area contributed by atoms with Gasteiger partial charge in [-0.1, -0.05) is 53.8 Å². The Morgan fingerprint density at radius 1 is 0.952 bits per heavy atom. The van der Waals surface area contributed by atoms with Gasteiger partial charge >= 0.3 is 6.09 Å². The average molecular weight is 651 g/mol. The molecule has 6 rings (SSSR count). The molecule has 2 N–H and O–H groups in total. The van der Waals surface area contributed by atoms with Crippen LogP contribution in [0.4, 0.5) is 20.7 Å². The fourth-order valence-corrected chi connectivity index (χ4v) is 8.42. The number of carbonyl (C=O) groups is 2. The molecule has 0 spiro atoms. The Bertz CT molecular complexity index is 1430. The number of hydrogen-bond acceptors (Lipinski definition) is 9. The number of thiazole rings is 1. The lowest BCUT2D eigenvalue weighted by Gasteiger charge is -2.41. The summed E-state index contributed by atoms with van der Waals surface area (Å²) in [4.78, 5) is 43.1. The highest BCUT2D eigenvalue weighted by atomic mass is 35.5. The first kappa shape index (κ1) is 29.4. The van der Waals surface area contributed by atoms with Crippen molar-refractivity contribution in [1.29, 1.82) is 0 Å². The molecule has 224 valence electrons. The van der Waals surface area contributed by atoms with Gasteiger partial charge < -0.3 is 19.8 Å². The van der Waals surface area contributed by atoms with E-state index in [-0.39, 0.29) is 5.91 Å². The Balaban J connectivity index is 1.16. The Labute approximate surface area is 262 Å². The van der Waals surface area contributed by atoms with Crippen LogP contribution in [0.5, 0.6) is 0 Å². The van der Waals surface area contributed by atoms with Crippen LogP contribution >= 0.6 is 45.9 Å². The van der Waals surface area contributed by atoms with E-state index in [1.807, 2.05) is 16.3 Å². The van der Waals surface area contributed by atoms with Crippen molar-refractivity contribution < 1.29 is 14.7 Å². The number of amides is 2. The Hall–Kier alpha value is -2.64. The van der Waals surface area contributed by atoms with Gasteiger partial charge in [0.15, 0.2) is 5.13 Å². The van der Waals surface area contributed by atoms with Crippen LogP contribution in [0, 0.1) is 0 Å². The summed E-state index contributed by atoms with van der Waals surface area (Å²) in [7, 11) is 0. The molecule has 3 aromatic rings. The smallest absolute Gasteiger partial charge is 0.407 e. The molecule has 0 atom stereocenters. The zero-order valence-electron chi connectivity index (χ0n) is 23.1. The van der Waals surface area contributed by atoms with Crippen LogP contribution in [0.25, 0.3) is 10.6 Å². The SMILES string of the molecule is O=C(Nc1nc(-c2cc(Cl)cs2)c(N2CCN(C3CCCCC3)CC2)s1)c1cnc(N2CCN(C(=O)O)CC2)c(Cl)c1. The molecule has 10 nitrogen and oxygen atoms in total. The lowest BCUT2D eigenvalue weighted by Crippen LogP contribution is -2.50. The standard InChI is InChI=1S/C28H33Cl2N7O3S2/c29-19-15-22(41-17-19)23-26(36-10-6-34(7-11-36)20-4-2-1-3-5-20)42-27(32-23)33-25(38)18-14-21(30)24(31-16-18)35-8-12-37(13-9-35)28(39)40/h14-17,20H,1-13H2,(H,39,40)(H,32,33,38). The molecule has 3 fully saturated rings. The zero-order valence-corrected chi connectivity index (χ0v) is 26.2. The molecule has 5 heterocycles. The van der Waals surface area contributed by atoms with Crippen LogP contribution < -0.4 is 15.1 Å². The number of carboxylic acid groups (broad SMARTS) is 1. The first-order valence-corrected chi connectivity index (χ1v) is 16.7. The van der Waals surface area contributed by atoms with Gasteiger partial charge in [-0.25, -0.2) is 14.8 Å². The number of thiophene rings is 1. The summed E-state index contributed by atoms with van der Waals surface area (Å²) in [6, 6.07) is 4.23. The summed E-state index contributed by atoms with van der Waals surface area (Å²) in [6.07, 6.45) is 7.20. The number of rotatable bonds is 6. The van der Waals surface area contributed by atoms with Crippen LogP contribution in [-0.4, -0.2) is 95.3 Å². The van der Waals surface area contributed by atoms with Crippen molar-refractivity contribution in [3.63, 3.8) is 0 Å². The van der Waals surface area contributed by atoms with Gasteiger partial charge in [0.25, 0.3) is 5.91 Å². The minimum atomic E-state index is -0.932. The molecule has 0 bridgehead atoms. The average Bonchev–Trinajstić information content (AvgIpc) is 3.63. The van der Waals surface area contributed by atoms with E-state index in [1.165, 1.54) is 54.5 Å². The molecule has 0 radical (unpaired) electrons. The van der Waals surface area contributed by atoms with Crippen LogP contribution in [0.15, 0.2) is 23.7 Å². The maximum absolute atomic E-state index is 13.3. The second-order valence-corrected chi connectivity index (χ2v) is 13.6. The van der Waals surface area contributed by atoms with Crippen LogP contribution in [-0.2, 0) is 0 Å². The summed E-state index contributed by atoms with van der Waals surface area (Å²) in [5, 5.41) is 16.6. The van der Waals surface area contributed by atoms with Gasteiger partial charge in [-0.2, -0.15) is 0 Å². The van der Waals surface area contributed by atoms with Crippen molar-refractivity contribution in [1.82, 2.24) is 19.8 Å². The summed E-state index contributed by atoms with van der Waals surface area (Å²) in [5.74, 6) is 0.198. The molecule has 0 aromatic carbocycles. The molecule has 14 heteroatoms. The molecule has 2 amide bonds. The van der Waals surface area contributed by atoms with Crippen molar-refractivity contribution >= 4 is 73.8 Å². The van der Waals surface area contributed by atoms with Crippen LogP contribution in [0.1, 0.15) is 42.5 Å². The van der Waals surface area contributed by atoms with E-state index in [1.54, 1.807) is 17.4 Å². The monoisotopic (exact) mass is 649 g/mol. The van der Waals surface area contributed by atoms with E-state index >= 15 is 0 Å². The third kappa shape index (κ3) is 6.47. The summed E-state index contributed by atoms with van der Waals surface area (Å²) < 4.78 is 0. The topological polar surface area (TPSA) is 105 Å². The van der Waals surface area contributed by atoms with Gasteiger partial charge in [-0.05, 0) is 25.0 Å². The second kappa shape index (κ2) is 12.9. The van der Waals surface area contributed by atoms with E-state index < -0.39 is 6.09 Å². The minimum absolute atomic E-state index is 0.325. The summed E-state index contributed by atoms with van der Waals surface area (Å²) in [6.45, 7) is 5.59. The van der Waals surface area contributed by atoms with Gasteiger partial charge in [0.2, 0.25) is 0 Å². The van der Waals surface area contributed by atoms with Gasteiger partial charge in [-0.3, -0.25) is 15.0 Å². The quantitative estimate of drug-likeness (QED) is 0.331. The highest BCUT2D eigenvalue weighted by Crippen LogP contribution is 2.42. The first-order chi connectivity index (χ1) is 20.4. The predicted octanol–water partition coefficient (Wildman–Crippen LogP) is 6.08.